The second-order valence-corrected chi connectivity index (χ2v) is 10.1. The highest BCUT2D eigenvalue weighted by molar-refractivity contribution is 7.36. The van der Waals surface area contributed by atoms with Gasteiger partial charge in [-0.05, 0) is 53.4 Å². The molecule has 3 heteroatoms. The minimum absolute atomic E-state index is 1.14. The predicted octanol–water partition coefficient (Wildman–Crippen LogP) is 8.95. The van der Waals surface area contributed by atoms with E-state index < -0.39 is 0 Å². The van der Waals surface area contributed by atoms with Crippen LogP contribution in [0, 0.1) is 6.92 Å². The summed E-state index contributed by atoms with van der Waals surface area (Å²) in [5, 5.41) is 5.93. The molecule has 0 aliphatic carbocycles. The van der Waals surface area contributed by atoms with E-state index in [-0.39, 0.29) is 0 Å². The maximum Gasteiger partial charge on any atom is 0.0542 e. The first-order valence-electron chi connectivity index (χ1n) is 10.4. The van der Waals surface area contributed by atoms with Gasteiger partial charge in [-0.3, -0.25) is 0 Å². The van der Waals surface area contributed by atoms with E-state index >= 15 is 0 Å². The number of benzene rings is 4. The number of thiophene rings is 2. The Morgan fingerprint density at radius 1 is 0.548 bits per heavy atom. The quantitative estimate of drug-likeness (QED) is 0.292. The minimum Gasteiger partial charge on any atom is -0.388 e. The zero-order valence-corrected chi connectivity index (χ0v) is 19.0. The average molecular weight is 436 g/mol. The molecule has 0 unspecified atom stereocenters. The summed E-state index contributed by atoms with van der Waals surface area (Å²) in [5.74, 6) is 0. The van der Waals surface area contributed by atoms with Crippen molar-refractivity contribution in [3.8, 4) is 22.3 Å². The normalized spacial score (nSPS) is 11.5. The summed E-state index contributed by atoms with van der Waals surface area (Å²) in [4.78, 5) is 0. The highest BCUT2D eigenvalue weighted by Crippen LogP contribution is 2.45. The molecule has 0 aliphatic heterocycles. The van der Waals surface area contributed by atoms with Crippen molar-refractivity contribution in [2.45, 2.75) is 6.92 Å². The Kier molecular flexibility index (Phi) is 4.34. The van der Waals surface area contributed by atoms with Crippen molar-refractivity contribution in [3.05, 3.63) is 90.5 Å². The van der Waals surface area contributed by atoms with Gasteiger partial charge < -0.3 is 5.32 Å². The smallest absolute Gasteiger partial charge is 0.0542 e. The van der Waals surface area contributed by atoms with Crippen LogP contribution in [0.2, 0.25) is 0 Å². The first-order valence-corrected chi connectivity index (χ1v) is 12.1. The van der Waals surface area contributed by atoms with Gasteiger partial charge in [0.25, 0.3) is 0 Å². The van der Waals surface area contributed by atoms with Crippen LogP contribution in [-0.4, -0.2) is 7.05 Å². The summed E-state index contributed by atoms with van der Waals surface area (Å²) < 4.78 is 5.55. The largest absolute Gasteiger partial charge is 0.388 e. The number of hydrogen-bond acceptors (Lipinski definition) is 3. The highest BCUT2D eigenvalue weighted by atomic mass is 32.1. The van der Waals surface area contributed by atoms with Gasteiger partial charge in [0.15, 0.2) is 0 Å². The third-order valence-corrected chi connectivity index (χ3v) is 8.48. The van der Waals surface area contributed by atoms with E-state index in [0.29, 0.717) is 0 Å². The van der Waals surface area contributed by atoms with E-state index in [9.17, 15) is 0 Å². The van der Waals surface area contributed by atoms with Crippen LogP contribution in [0.15, 0.2) is 84.9 Å². The molecule has 0 radical (unpaired) electrons. The first kappa shape index (κ1) is 18.6. The summed E-state index contributed by atoms with van der Waals surface area (Å²) in [6.07, 6.45) is 0. The number of rotatable bonds is 3. The van der Waals surface area contributed by atoms with Crippen LogP contribution >= 0.6 is 22.7 Å². The number of anilines is 1. The summed E-state index contributed by atoms with van der Waals surface area (Å²) >= 11 is 3.83. The Morgan fingerprint density at radius 2 is 1.00 bits per heavy atom. The third-order valence-electron chi connectivity index (χ3n) is 5.97. The van der Waals surface area contributed by atoms with E-state index in [2.05, 4.69) is 97.2 Å². The lowest BCUT2D eigenvalue weighted by atomic mass is 10.0. The molecule has 6 rings (SSSR count). The second kappa shape index (κ2) is 7.23. The van der Waals surface area contributed by atoms with Gasteiger partial charge in [0.05, 0.1) is 9.40 Å². The summed E-state index contributed by atoms with van der Waals surface area (Å²) in [6.45, 7) is 2.13. The topological polar surface area (TPSA) is 12.0 Å². The van der Waals surface area contributed by atoms with Crippen molar-refractivity contribution in [2.75, 3.05) is 12.4 Å². The zero-order chi connectivity index (χ0) is 20.9. The molecule has 2 aromatic heterocycles. The molecule has 0 bridgehead atoms. The van der Waals surface area contributed by atoms with Crippen molar-refractivity contribution in [2.24, 2.45) is 0 Å². The Hall–Kier alpha value is -3.14. The molecule has 0 aliphatic rings. The lowest BCUT2D eigenvalue weighted by molar-refractivity contribution is 1.47. The number of aryl methyl sites for hydroxylation is 1. The summed E-state index contributed by atoms with van der Waals surface area (Å²) in [5.41, 5.74) is 7.53. The molecule has 0 atom stereocenters. The van der Waals surface area contributed by atoms with E-state index in [0.717, 1.165) is 5.69 Å². The molecule has 0 saturated carbocycles. The standard InChI is InChI=1S/C28H21NS2/c1-17-3-5-18(6-4-17)20-9-13-23-25(15-20)30-28-24-14-10-21(16-26(24)31-27(23)28)19-7-11-22(29-2)12-8-19/h3-16,29H,1-2H3. The molecule has 1 N–H and O–H groups in total. The molecule has 0 saturated heterocycles. The van der Waals surface area contributed by atoms with Crippen LogP contribution in [-0.2, 0) is 0 Å². The number of hydrogen-bond donors (Lipinski definition) is 1. The van der Waals surface area contributed by atoms with Crippen LogP contribution in [0.5, 0.6) is 0 Å². The van der Waals surface area contributed by atoms with Crippen LogP contribution in [0.4, 0.5) is 5.69 Å². The maximum atomic E-state index is 3.19. The van der Waals surface area contributed by atoms with E-state index in [4.69, 9.17) is 0 Å². The fourth-order valence-corrected chi connectivity index (χ4v) is 6.92. The first-order chi connectivity index (χ1) is 15.2. The van der Waals surface area contributed by atoms with Gasteiger partial charge in [0.1, 0.15) is 0 Å². The van der Waals surface area contributed by atoms with Crippen LogP contribution in [0.25, 0.3) is 51.8 Å². The molecule has 31 heavy (non-hydrogen) atoms. The molecule has 6 aromatic rings. The Balaban J connectivity index is 1.45. The Morgan fingerprint density at radius 3 is 1.48 bits per heavy atom. The van der Waals surface area contributed by atoms with Gasteiger partial charge in [0.2, 0.25) is 0 Å². The van der Waals surface area contributed by atoms with Crippen molar-refractivity contribution < 1.29 is 0 Å². The molecule has 1 nitrogen and oxygen atoms in total. The second-order valence-electron chi connectivity index (χ2n) is 7.98. The van der Waals surface area contributed by atoms with Crippen molar-refractivity contribution in [1.29, 1.82) is 0 Å². The van der Waals surface area contributed by atoms with Crippen molar-refractivity contribution in [1.82, 2.24) is 0 Å². The molecule has 4 aromatic carbocycles. The lowest BCUT2D eigenvalue weighted by Gasteiger charge is -2.04. The maximum absolute atomic E-state index is 3.19. The van der Waals surface area contributed by atoms with E-state index in [1.165, 1.54) is 57.4 Å². The molecule has 2 heterocycles. The fourth-order valence-electron chi connectivity index (χ4n) is 4.19. The molecule has 0 fully saturated rings. The third kappa shape index (κ3) is 3.13. The number of fused-ring (bicyclic) bond motifs is 5. The average Bonchev–Trinajstić information content (AvgIpc) is 3.34. The van der Waals surface area contributed by atoms with Crippen LogP contribution in [0.3, 0.4) is 0 Å². The SMILES string of the molecule is CNc1ccc(-c2ccc3c(c2)sc2c4ccc(-c5ccc(C)cc5)cc4sc32)cc1. The fraction of sp³-hybridized carbons (Fsp3) is 0.0714. The van der Waals surface area contributed by atoms with Gasteiger partial charge in [-0.1, -0.05) is 66.2 Å². The zero-order valence-electron chi connectivity index (χ0n) is 17.4. The van der Waals surface area contributed by atoms with Crippen LogP contribution < -0.4 is 5.32 Å². The van der Waals surface area contributed by atoms with Gasteiger partial charge in [-0.25, -0.2) is 0 Å². The summed E-state index contributed by atoms with van der Waals surface area (Å²) in [6, 6.07) is 31.2. The highest BCUT2D eigenvalue weighted by Gasteiger charge is 2.13. The summed E-state index contributed by atoms with van der Waals surface area (Å²) in [7, 11) is 1.95. The van der Waals surface area contributed by atoms with Crippen molar-refractivity contribution in [3.63, 3.8) is 0 Å². The molecular weight excluding hydrogens is 414 g/mol. The van der Waals surface area contributed by atoms with E-state index in [1.54, 1.807) is 0 Å². The van der Waals surface area contributed by atoms with Gasteiger partial charge in [0, 0.05) is 32.9 Å². The lowest BCUT2D eigenvalue weighted by Crippen LogP contribution is -1.86. The van der Waals surface area contributed by atoms with Gasteiger partial charge in [-0.2, -0.15) is 0 Å². The monoisotopic (exact) mass is 435 g/mol. The number of nitrogens with one attached hydrogen (secondary N) is 1. The van der Waals surface area contributed by atoms with Gasteiger partial charge >= 0.3 is 0 Å². The molecule has 150 valence electrons. The molecule has 0 spiro atoms. The van der Waals surface area contributed by atoms with Crippen LogP contribution in [0.1, 0.15) is 5.56 Å². The van der Waals surface area contributed by atoms with Gasteiger partial charge in [-0.15, -0.1) is 22.7 Å². The predicted molar refractivity (Wildman–Crippen MR) is 140 cm³/mol. The van der Waals surface area contributed by atoms with Crippen molar-refractivity contribution >= 4 is 57.9 Å². The molecular formula is C28H21NS2. The Bertz CT molecular complexity index is 1550. The Labute approximate surface area is 189 Å². The minimum atomic E-state index is 1.14. The molecule has 0 amide bonds. The van der Waals surface area contributed by atoms with E-state index in [1.807, 2.05) is 29.7 Å².